The molecule has 0 spiro atoms. The first-order valence-electron chi connectivity index (χ1n) is 6.69. The summed E-state index contributed by atoms with van der Waals surface area (Å²) in [6, 6.07) is 12.6. The Hall–Kier alpha value is -2.11. The summed E-state index contributed by atoms with van der Waals surface area (Å²) >= 11 is 9.57. The lowest BCUT2D eigenvalue weighted by atomic mass is 10.2. The Bertz CT molecular complexity index is 845. The van der Waals surface area contributed by atoms with E-state index in [9.17, 15) is 4.79 Å². The summed E-state index contributed by atoms with van der Waals surface area (Å²) < 4.78 is 11.2. The summed E-state index contributed by atoms with van der Waals surface area (Å²) in [6.45, 7) is 0. The molecule has 0 aliphatic carbocycles. The zero-order chi connectivity index (χ0) is 16.4. The molecule has 0 saturated heterocycles. The smallest absolute Gasteiger partial charge is 0.363 e. The molecule has 116 valence electrons. The first kappa shape index (κ1) is 15.8. The predicted molar refractivity (Wildman–Crippen MR) is 92.8 cm³/mol. The van der Waals surface area contributed by atoms with E-state index < -0.39 is 5.97 Å². The Balaban J connectivity index is 1.95. The minimum Gasteiger partial charge on any atom is -0.497 e. The van der Waals surface area contributed by atoms with Crippen LogP contribution >= 0.6 is 27.5 Å². The van der Waals surface area contributed by atoms with Crippen molar-refractivity contribution in [2.75, 3.05) is 7.11 Å². The van der Waals surface area contributed by atoms with Gasteiger partial charge in [0.15, 0.2) is 5.70 Å². The van der Waals surface area contributed by atoms with Gasteiger partial charge in [0.2, 0.25) is 5.90 Å². The van der Waals surface area contributed by atoms with Gasteiger partial charge in [-0.25, -0.2) is 9.79 Å². The second-order valence-electron chi connectivity index (χ2n) is 4.74. The molecule has 0 saturated carbocycles. The van der Waals surface area contributed by atoms with Crippen LogP contribution in [0.4, 0.5) is 0 Å². The third kappa shape index (κ3) is 3.46. The molecule has 0 amide bonds. The molecule has 0 atom stereocenters. The molecule has 2 aromatic rings. The van der Waals surface area contributed by atoms with E-state index in [4.69, 9.17) is 21.1 Å². The van der Waals surface area contributed by atoms with Crippen LogP contribution in [0.15, 0.2) is 57.6 Å². The lowest BCUT2D eigenvalue weighted by molar-refractivity contribution is -0.129. The Morgan fingerprint density at radius 2 is 2.09 bits per heavy atom. The second kappa shape index (κ2) is 6.56. The van der Waals surface area contributed by atoms with Gasteiger partial charge in [-0.2, -0.15) is 0 Å². The molecule has 1 aliphatic rings. The second-order valence-corrected chi connectivity index (χ2v) is 6.06. The van der Waals surface area contributed by atoms with Crippen molar-refractivity contribution >= 4 is 45.5 Å². The van der Waals surface area contributed by atoms with E-state index >= 15 is 0 Å². The average molecular weight is 393 g/mol. The Labute approximate surface area is 146 Å². The number of esters is 1. The van der Waals surface area contributed by atoms with Gasteiger partial charge in [-0.05, 0) is 42.0 Å². The first-order valence-corrected chi connectivity index (χ1v) is 7.86. The average Bonchev–Trinajstić information content (AvgIpc) is 2.88. The minimum atomic E-state index is -0.508. The van der Waals surface area contributed by atoms with Gasteiger partial charge in [-0.15, -0.1) is 0 Å². The summed E-state index contributed by atoms with van der Waals surface area (Å²) in [7, 11) is 1.55. The van der Waals surface area contributed by atoms with E-state index in [1.54, 1.807) is 31.4 Å². The van der Waals surface area contributed by atoms with Crippen molar-refractivity contribution in [2.45, 2.75) is 0 Å². The molecule has 0 N–H and O–H groups in total. The molecular weight excluding hydrogens is 382 g/mol. The number of halogens is 2. The van der Waals surface area contributed by atoms with E-state index in [0.717, 1.165) is 10.0 Å². The number of nitrogens with zero attached hydrogens (tertiary/aromatic N) is 1. The number of methoxy groups -OCH3 is 1. The van der Waals surface area contributed by atoms with Crippen LogP contribution in [0.1, 0.15) is 11.1 Å². The van der Waals surface area contributed by atoms with Gasteiger partial charge in [0, 0.05) is 4.47 Å². The third-order valence-electron chi connectivity index (χ3n) is 3.18. The van der Waals surface area contributed by atoms with Crippen LogP contribution in [-0.4, -0.2) is 19.0 Å². The quantitative estimate of drug-likeness (QED) is 0.572. The molecule has 0 bridgehead atoms. The molecule has 1 aliphatic heterocycles. The number of ether oxygens (including phenoxy) is 2. The fourth-order valence-corrected chi connectivity index (χ4v) is 2.74. The van der Waals surface area contributed by atoms with Crippen LogP contribution in [0.25, 0.3) is 6.08 Å². The largest absolute Gasteiger partial charge is 0.497 e. The molecular formula is C17H11BrClNO3. The molecule has 0 unspecified atom stereocenters. The van der Waals surface area contributed by atoms with Crippen molar-refractivity contribution in [3.8, 4) is 5.75 Å². The minimum absolute atomic E-state index is 0.184. The van der Waals surface area contributed by atoms with Crippen molar-refractivity contribution in [1.82, 2.24) is 0 Å². The van der Waals surface area contributed by atoms with Crippen LogP contribution < -0.4 is 4.74 Å². The highest BCUT2D eigenvalue weighted by Gasteiger charge is 2.25. The SMILES string of the molecule is COc1ccc(C2=N/C(=C\c3cccc(Br)c3)C(=O)O2)c(Cl)c1. The third-order valence-corrected chi connectivity index (χ3v) is 3.99. The van der Waals surface area contributed by atoms with Crippen LogP contribution in [0, 0.1) is 0 Å². The Morgan fingerprint density at radius 1 is 1.26 bits per heavy atom. The van der Waals surface area contributed by atoms with Gasteiger partial charge in [0.25, 0.3) is 0 Å². The highest BCUT2D eigenvalue weighted by molar-refractivity contribution is 9.10. The van der Waals surface area contributed by atoms with Crippen LogP contribution in [0.3, 0.4) is 0 Å². The molecule has 2 aromatic carbocycles. The summed E-state index contributed by atoms with van der Waals surface area (Å²) in [5.41, 5.74) is 1.61. The van der Waals surface area contributed by atoms with Crippen molar-refractivity contribution in [1.29, 1.82) is 0 Å². The molecule has 0 radical (unpaired) electrons. The summed E-state index contributed by atoms with van der Waals surface area (Å²) in [4.78, 5) is 16.2. The lowest BCUT2D eigenvalue weighted by Crippen LogP contribution is -2.06. The van der Waals surface area contributed by atoms with Gasteiger partial charge in [-0.3, -0.25) is 0 Å². The molecule has 23 heavy (non-hydrogen) atoms. The number of aliphatic imine (C=N–C) groups is 1. The van der Waals surface area contributed by atoms with E-state index in [2.05, 4.69) is 20.9 Å². The maximum Gasteiger partial charge on any atom is 0.363 e. The molecule has 0 fully saturated rings. The van der Waals surface area contributed by atoms with Gasteiger partial charge >= 0.3 is 5.97 Å². The first-order chi connectivity index (χ1) is 11.1. The van der Waals surface area contributed by atoms with E-state index in [1.807, 2.05) is 24.3 Å². The number of benzene rings is 2. The topological polar surface area (TPSA) is 47.9 Å². The van der Waals surface area contributed by atoms with E-state index in [1.165, 1.54) is 0 Å². The fourth-order valence-electron chi connectivity index (χ4n) is 2.07. The number of cyclic esters (lactones) is 1. The number of rotatable bonds is 3. The van der Waals surface area contributed by atoms with Gasteiger partial charge < -0.3 is 9.47 Å². The van der Waals surface area contributed by atoms with Crippen LogP contribution in [-0.2, 0) is 9.53 Å². The molecule has 1 heterocycles. The normalized spacial score (nSPS) is 15.5. The Morgan fingerprint density at radius 3 is 2.78 bits per heavy atom. The molecule has 6 heteroatoms. The summed E-state index contributed by atoms with van der Waals surface area (Å²) in [5, 5.41) is 0.402. The Kier molecular flexibility index (Phi) is 4.50. The summed E-state index contributed by atoms with van der Waals surface area (Å²) in [5.74, 6) is 0.296. The standard InChI is InChI=1S/C17H11BrClNO3/c1-22-12-5-6-13(14(19)9-12)16-20-15(17(21)23-16)8-10-3-2-4-11(18)7-10/h2-9H,1H3/b15-8-. The lowest BCUT2D eigenvalue weighted by Gasteiger charge is -2.05. The summed E-state index contributed by atoms with van der Waals surface area (Å²) in [6.07, 6.45) is 1.66. The predicted octanol–water partition coefficient (Wildman–Crippen LogP) is 4.46. The van der Waals surface area contributed by atoms with Gasteiger partial charge in [-0.1, -0.05) is 39.7 Å². The molecule has 0 aromatic heterocycles. The molecule has 3 rings (SSSR count). The number of hydrogen-bond acceptors (Lipinski definition) is 4. The maximum absolute atomic E-state index is 12.0. The van der Waals surface area contributed by atoms with Gasteiger partial charge in [0.05, 0.1) is 17.7 Å². The van der Waals surface area contributed by atoms with Crippen LogP contribution in [0.5, 0.6) is 5.75 Å². The number of carbonyl (C=O) groups is 1. The van der Waals surface area contributed by atoms with Crippen molar-refractivity contribution in [3.63, 3.8) is 0 Å². The monoisotopic (exact) mass is 391 g/mol. The zero-order valence-corrected chi connectivity index (χ0v) is 14.4. The van der Waals surface area contributed by atoms with Gasteiger partial charge in [0.1, 0.15) is 5.75 Å². The number of hydrogen-bond donors (Lipinski definition) is 0. The highest BCUT2D eigenvalue weighted by atomic mass is 79.9. The van der Waals surface area contributed by atoms with Crippen molar-refractivity contribution in [3.05, 3.63) is 68.8 Å². The maximum atomic E-state index is 12.0. The van der Waals surface area contributed by atoms with Crippen molar-refractivity contribution < 1.29 is 14.3 Å². The van der Waals surface area contributed by atoms with E-state index in [0.29, 0.717) is 16.3 Å². The fraction of sp³-hybridized carbons (Fsp3) is 0.0588. The zero-order valence-electron chi connectivity index (χ0n) is 12.0. The molecule has 4 nitrogen and oxygen atoms in total. The van der Waals surface area contributed by atoms with Crippen LogP contribution in [0.2, 0.25) is 5.02 Å². The highest BCUT2D eigenvalue weighted by Crippen LogP contribution is 2.27. The number of carbonyl (C=O) groups excluding carboxylic acids is 1. The van der Waals surface area contributed by atoms with E-state index in [-0.39, 0.29) is 11.6 Å². The van der Waals surface area contributed by atoms with Crippen molar-refractivity contribution in [2.24, 2.45) is 4.99 Å².